The van der Waals surface area contributed by atoms with Crippen molar-refractivity contribution in [2.45, 2.75) is 50.2 Å². The van der Waals surface area contributed by atoms with Crippen molar-refractivity contribution in [1.29, 1.82) is 0 Å². The molecule has 2 aromatic heterocycles. The zero-order valence-electron chi connectivity index (χ0n) is 25.9. The van der Waals surface area contributed by atoms with Gasteiger partial charge in [-0.05, 0) is 57.9 Å². The van der Waals surface area contributed by atoms with Crippen LogP contribution in [0.25, 0.3) is 21.5 Å². The number of likely N-dealkylation sites (tertiary alicyclic amines) is 1. The molecule has 4 aromatic rings. The first kappa shape index (κ1) is 36.0. The summed E-state index contributed by atoms with van der Waals surface area (Å²) in [5.74, 6) is -3.00. The molecule has 3 heterocycles. The predicted octanol–water partition coefficient (Wildman–Crippen LogP) is 5.54. The van der Waals surface area contributed by atoms with Gasteiger partial charge in [0.05, 0.1) is 22.9 Å². The summed E-state index contributed by atoms with van der Waals surface area (Å²) >= 11 is 9.26. The topological polar surface area (TPSA) is 176 Å². The number of alkyl halides is 1. The van der Waals surface area contributed by atoms with Crippen LogP contribution in [-0.2, 0) is 29.7 Å². The van der Waals surface area contributed by atoms with E-state index < -0.39 is 43.7 Å². The molecule has 48 heavy (non-hydrogen) atoms. The normalized spacial score (nSPS) is 16.4. The molecule has 0 radical (unpaired) electrons. The Hall–Kier alpha value is -3.28. The number of nitrogens with zero attached hydrogens (tertiary/aromatic N) is 4. The average Bonchev–Trinajstić information content (AvgIpc) is 3.73. The van der Waals surface area contributed by atoms with E-state index in [4.69, 9.17) is 26.4 Å². The second-order valence-corrected chi connectivity index (χ2v) is 15.7. The van der Waals surface area contributed by atoms with Crippen molar-refractivity contribution >= 4 is 97.4 Å². The van der Waals surface area contributed by atoms with E-state index >= 15 is 4.39 Å². The van der Waals surface area contributed by atoms with Crippen molar-refractivity contribution < 1.29 is 37.2 Å². The Morgan fingerprint density at radius 2 is 1.85 bits per heavy atom. The predicted molar refractivity (Wildman–Crippen MR) is 188 cm³/mol. The maximum Gasteiger partial charge on any atom is 0.389 e. The number of anilines is 1. The number of ketones is 1. The van der Waals surface area contributed by atoms with E-state index in [2.05, 4.69) is 38.0 Å². The van der Waals surface area contributed by atoms with Crippen LogP contribution in [0.5, 0.6) is 0 Å². The summed E-state index contributed by atoms with van der Waals surface area (Å²) in [6.07, 6.45) is 0.779. The van der Waals surface area contributed by atoms with Gasteiger partial charge >= 0.3 is 7.60 Å². The largest absolute Gasteiger partial charge is 0.389 e. The summed E-state index contributed by atoms with van der Waals surface area (Å²) in [5.41, 5.74) is 6.05. The van der Waals surface area contributed by atoms with Gasteiger partial charge < -0.3 is 25.0 Å². The lowest BCUT2D eigenvalue weighted by Gasteiger charge is -2.27. The molecule has 5 rings (SSSR count). The number of carbonyl (C=O) groups is 4. The lowest BCUT2D eigenvalue weighted by Crippen LogP contribution is -2.46. The van der Waals surface area contributed by atoms with Gasteiger partial charge in [-0.2, -0.15) is 5.10 Å². The zero-order valence-corrected chi connectivity index (χ0v) is 30.5. The number of nitrogens with one attached hydrogen (secondary N) is 1. The van der Waals surface area contributed by atoms with E-state index in [-0.39, 0.29) is 65.7 Å². The number of rotatable bonds is 12. The fraction of sp³-hybridized carbons (Fsp3) is 0.333. The van der Waals surface area contributed by atoms with Crippen LogP contribution in [0.15, 0.2) is 36.4 Å². The first-order valence-corrected chi connectivity index (χ1v) is 18.7. The highest BCUT2D eigenvalue weighted by Crippen LogP contribution is 2.48. The molecule has 1 aliphatic rings. The molecule has 0 saturated carbocycles. The van der Waals surface area contributed by atoms with Crippen molar-refractivity contribution in [2.24, 2.45) is 5.73 Å². The summed E-state index contributed by atoms with van der Waals surface area (Å²) in [6.45, 7) is 4.39. The quantitative estimate of drug-likeness (QED) is 0.0611. The first-order chi connectivity index (χ1) is 22.8. The van der Waals surface area contributed by atoms with Crippen molar-refractivity contribution in [3.05, 3.63) is 58.5 Å². The van der Waals surface area contributed by atoms with Crippen LogP contribution in [0.3, 0.4) is 0 Å². The van der Waals surface area contributed by atoms with Gasteiger partial charge in [-0.15, -0.1) is 11.3 Å². The van der Waals surface area contributed by atoms with E-state index in [0.29, 0.717) is 18.4 Å². The number of aromatic nitrogens is 3. The number of halogens is 3. The number of Topliss-reactive ketones (excluding diaryl/α,β-unsaturated/α-hetero) is 1. The highest BCUT2D eigenvalue weighted by atomic mass is 127. The van der Waals surface area contributed by atoms with Crippen molar-refractivity contribution in [1.82, 2.24) is 19.7 Å². The maximum absolute atomic E-state index is 15.8. The average molecular weight is 831 g/mol. The number of fused-ring (bicyclic) bond motifs is 1. The third kappa shape index (κ3) is 7.05. The molecule has 1 aliphatic heterocycles. The summed E-state index contributed by atoms with van der Waals surface area (Å²) < 4.78 is 40.9. The Balaban J connectivity index is 1.41. The number of hydrogen-bond donors (Lipinski definition) is 2. The highest BCUT2D eigenvalue weighted by Gasteiger charge is 2.41. The lowest BCUT2D eigenvalue weighted by molar-refractivity contribution is -0.137. The van der Waals surface area contributed by atoms with Crippen molar-refractivity contribution in [2.75, 3.05) is 18.5 Å². The van der Waals surface area contributed by atoms with E-state index in [9.17, 15) is 23.7 Å². The molecule has 3 amide bonds. The first-order valence-electron chi connectivity index (χ1n) is 14.7. The number of hydrogen-bond acceptors (Lipinski definition) is 10. The molecule has 1 fully saturated rings. The summed E-state index contributed by atoms with van der Waals surface area (Å²) in [6, 6.07) is 7.98. The monoisotopic (exact) mass is 830 g/mol. The van der Waals surface area contributed by atoms with E-state index in [0.717, 1.165) is 11.3 Å². The molecule has 3 N–H and O–H groups in total. The molecule has 2 atom stereocenters. The molecule has 0 unspecified atom stereocenters. The second kappa shape index (κ2) is 14.7. The number of thiazole rings is 1. The number of amides is 3. The van der Waals surface area contributed by atoms with Gasteiger partial charge in [-0.3, -0.25) is 23.7 Å². The third-order valence-electron chi connectivity index (χ3n) is 7.46. The van der Waals surface area contributed by atoms with E-state index in [1.165, 1.54) is 40.8 Å². The molecule has 13 nitrogen and oxygen atoms in total. The maximum atomic E-state index is 15.8. The van der Waals surface area contributed by atoms with Crippen LogP contribution in [-0.4, -0.2) is 66.5 Å². The Bertz CT molecular complexity index is 1980. The summed E-state index contributed by atoms with van der Waals surface area (Å²) in [5, 5.41) is 7.03. The van der Waals surface area contributed by atoms with Crippen LogP contribution in [0, 0.1) is 5.82 Å². The van der Waals surface area contributed by atoms with Crippen molar-refractivity contribution in [3.8, 4) is 11.1 Å². The van der Waals surface area contributed by atoms with Gasteiger partial charge in [0.15, 0.2) is 22.9 Å². The highest BCUT2D eigenvalue weighted by molar-refractivity contribution is 14.1. The Morgan fingerprint density at radius 1 is 1.15 bits per heavy atom. The molecule has 0 aliphatic carbocycles. The number of benzene rings is 2. The second-order valence-electron chi connectivity index (χ2n) is 10.6. The summed E-state index contributed by atoms with van der Waals surface area (Å²) in [4.78, 5) is 57.3. The van der Waals surface area contributed by atoms with Gasteiger partial charge in [-0.1, -0.05) is 46.3 Å². The molecular formula is C30H30ClFIN6O7PS. The van der Waals surface area contributed by atoms with E-state index in [1.54, 1.807) is 26.0 Å². The molecule has 254 valence electrons. The number of nitrogens with two attached hydrogens (primary N) is 1. The van der Waals surface area contributed by atoms with Crippen LogP contribution in [0.4, 0.5) is 10.1 Å². The Morgan fingerprint density at radius 3 is 2.50 bits per heavy atom. The van der Waals surface area contributed by atoms with Gasteiger partial charge in [0.25, 0.3) is 5.91 Å². The van der Waals surface area contributed by atoms with Crippen LogP contribution in [0.2, 0.25) is 5.02 Å². The van der Waals surface area contributed by atoms with Gasteiger partial charge in [0.2, 0.25) is 16.6 Å². The molecule has 0 bridgehead atoms. The minimum absolute atomic E-state index is 0.0222. The zero-order chi connectivity index (χ0) is 34.9. The fourth-order valence-corrected chi connectivity index (χ4v) is 9.59. The molecule has 18 heteroatoms. The van der Waals surface area contributed by atoms with Crippen molar-refractivity contribution in [3.63, 3.8) is 0 Å². The minimum Gasteiger partial charge on any atom is -0.364 e. The minimum atomic E-state index is -3.83. The lowest BCUT2D eigenvalue weighted by atomic mass is 10.00. The Labute approximate surface area is 297 Å². The third-order valence-corrected chi connectivity index (χ3v) is 12.6. The van der Waals surface area contributed by atoms with Crippen LogP contribution in [0.1, 0.15) is 54.5 Å². The van der Waals surface area contributed by atoms with Gasteiger partial charge in [0.1, 0.15) is 17.3 Å². The summed E-state index contributed by atoms with van der Waals surface area (Å²) in [7, 11) is -3.83. The number of carbonyl (C=O) groups excluding carboxylic acids is 4. The smallest absolute Gasteiger partial charge is 0.364 e. The standard InChI is InChI=1S/C30H30ClFIN6O7PS/c1-4-45-47(44,46-5-2)30-36-28-26(48-30)25(27(34)42)37-38(28)14-23(41)39-21(11-12-22(39)33)29(43)35-20-8-6-7-17(24(20)32)18-13-16(15(3)40)9-10-19(18)31/h6-10,13,21-22H,4-5,11-12,14H2,1-3H3,(H2,34,42)(H,35,43)/t21-,22-/m0/s1. The van der Waals surface area contributed by atoms with Gasteiger partial charge in [-0.25, -0.2) is 14.1 Å². The number of primary amides is 1. The Kier molecular flexibility index (Phi) is 11.0. The van der Waals surface area contributed by atoms with Gasteiger partial charge in [0, 0.05) is 21.7 Å². The molecule has 0 spiro atoms. The van der Waals surface area contributed by atoms with Crippen LogP contribution < -0.4 is 15.8 Å². The van der Waals surface area contributed by atoms with E-state index in [1.807, 2.05) is 0 Å². The SMILES string of the molecule is CCOP(=O)(OCC)c1nc2c(s1)c(C(N)=O)nn2CC(=O)N1[C@H](I)CC[C@H]1C(=O)Nc1cccc(-c2cc(C(C)=O)ccc2Cl)c1F. The van der Waals surface area contributed by atoms with Crippen LogP contribution >= 0.6 is 53.1 Å². The molecule has 1 saturated heterocycles. The molecule has 2 aromatic carbocycles. The fourth-order valence-electron chi connectivity index (χ4n) is 5.29. The molecular weight excluding hydrogens is 801 g/mol.